The molecule has 4 aromatic rings. The Bertz CT molecular complexity index is 1090. The van der Waals surface area contributed by atoms with Gasteiger partial charge < -0.3 is 15.0 Å². The summed E-state index contributed by atoms with van der Waals surface area (Å²) in [4.78, 5) is 24.2. The summed E-state index contributed by atoms with van der Waals surface area (Å²) in [6.45, 7) is 0.378. The van der Waals surface area contributed by atoms with Gasteiger partial charge in [-0.15, -0.1) is 0 Å². The molecule has 2 N–H and O–H groups in total. The van der Waals surface area contributed by atoms with Gasteiger partial charge >= 0.3 is 0 Å². The molecule has 4 rings (SSSR count). The standard InChI is InChI=1S/C21H18N4O2/c1-27-17-5-4-15-11-19(25-18(15)12-17)21(26)24-13-16-3-2-8-23-20(16)14-6-9-22-10-7-14/h2-12,25H,13H2,1H3,(H,24,26). The highest BCUT2D eigenvalue weighted by atomic mass is 16.5. The third-order valence-corrected chi connectivity index (χ3v) is 4.36. The Kier molecular flexibility index (Phi) is 4.53. The molecule has 3 heterocycles. The van der Waals surface area contributed by atoms with Crippen molar-refractivity contribution in [3.63, 3.8) is 0 Å². The first-order chi connectivity index (χ1) is 13.2. The van der Waals surface area contributed by atoms with E-state index in [2.05, 4.69) is 20.3 Å². The zero-order valence-corrected chi connectivity index (χ0v) is 14.8. The molecule has 0 unspecified atom stereocenters. The van der Waals surface area contributed by atoms with Crippen LogP contribution in [0, 0.1) is 0 Å². The van der Waals surface area contributed by atoms with Gasteiger partial charge in [0.25, 0.3) is 5.91 Å². The number of benzene rings is 1. The minimum absolute atomic E-state index is 0.172. The molecule has 27 heavy (non-hydrogen) atoms. The second kappa shape index (κ2) is 7.29. The molecule has 1 aromatic carbocycles. The third-order valence-electron chi connectivity index (χ3n) is 4.36. The fourth-order valence-electron chi connectivity index (χ4n) is 2.98. The van der Waals surface area contributed by atoms with Gasteiger partial charge in [0.15, 0.2) is 0 Å². The van der Waals surface area contributed by atoms with Crippen LogP contribution in [-0.4, -0.2) is 28.0 Å². The quantitative estimate of drug-likeness (QED) is 0.572. The second-order valence-corrected chi connectivity index (χ2v) is 6.07. The molecule has 0 saturated carbocycles. The molecule has 0 aliphatic heterocycles. The Hall–Kier alpha value is -3.67. The predicted molar refractivity (Wildman–Crippen MR) is 103 cm³/mol. The Morgan fingerprint density at radius 2 is 1.96 bits per heavy atom. The lowest BCUT2D eigenvalue weighted by atomic mass is 10.1. The summed E-state index contributed by atoms with van der Waals surface area (Å²) in [5.41, 5.74) is 4.11. The Balaban J connectivity index is 1.53. The first-order valence-corrected chi connectivity index (χ1v) is 8.54. The van der Waals surface area contributed by atoms with Crippen LogP contribution in [0.1, 0.15) is 16.1 Å². The molecule has 6 nitrogen and oxygen atoms in total. The molecule has 0 bridgehead atoms. The third kappa shape index (κ3) is 3.50. The van der Waals surface area contributed by atoms with E-state index in [-0.39, 0.29) is 5.91 Å². The highest BCUT2D eigenvalue weighted by molar-refractivity contribution is 5.98. The average molecular weight is 358 g/mol. The van der Waals surface area contributed by atoms with Crippen LogP contribution in [0.2, 0.25) is 0 Å². The maximum Gasteiger partial charge on any atom is 0.267 e. The van der Waals surface area contributed by atoms with Crippen molar-refractivity contribution in [3.8, 4) is 17.0 Å². The van der Waals surface area contributed by atoms with Crippen LogP contribution >= 0.6 is 0 Å². The van der Waals surface area contributed by atoms with E-state index in [0.29, 0.717) is 12.2 Å². The molecular weight excluding hydrogens is 340 g/mol. The molecule has 3 aromatic heterocycles. The molecule has 0 fully saturated rings. The van der Waals surface area contributed by atoms with Crippen molar-refractivity contribution in [1.82, 2.24) is 20.3 Å². The monoisotopic (exact) mass is 358 g/mol. The average Bonchev–Trinajstić information content (AvgIpc) is 3.16. The maximum atomic E-state index is 12.6. The number of hydrogen-bond donors (Lipinski definition) is 2. The van der Waals surface area contributed by atoms with Crippen LogP contribution in [0.5, 0.6) is 5.75 Å². The van der Waals surface area contributed by atoms with Gasteiger partial charge in [-0.05, 0) is 42.0 Å². The molecule has 0 aliphatic rings. The molecule has 0 radical (unpaired) electrons. The summed E-state index contributed by atoms with van der Waals surface area (Å²) in [7, 11) is 1.62. The number of pyridine rings is 2. The highest BCUT2D eigenvalue weighted by Crippen LogP contribution is 2.22. The molecule has 0 aliphatic carbocycles. The number of methoxy groups -OCH3 is 1. The van der Waals surface area contributed by atoms with Gasteiger partial charge in [0, 0.05) is 47.7 Å². The molecule has 134 valence electrons. The van der Waals surface area contributed by atoms with E-state index in [1.807, 2.05) is 48.5 Å². The van der Waals surface area contributed by atoms with Crippen molar-refractivity contribution in [2.75, 3.05) is 7.11 Å². The normalized spacial score (nSPS) is 10.7. The van der Waals surface area contributed by atoms with Gasteiger partial charge in [-0.1, -0.05) is 6.07 Å². The zero-order valence-electron chi connectivity index (χ0n) is 14.8. The van der Waals surface area contributed by atoms with E-state index < -0.39 is 0 Å². The number of aromatic nitrogens is 3. The van der Waals surface area contributed by atoms with Gasteiger partial charge in [-0.2, -0.15) is 0 Å². The minimum atomic E-state index is -0.172. The lowest BCUT2D eigenvalue weighted by Gasteiger charge is -2.09. The summed E-state index contributed by atoms with van der Waals surface area (Å²) in [5.74, 6) is 0.573. The Morgan fingerprint density at radius 1 is 1.11 bits per heavy atom. The number of carbonyl (C=O) groups is 1. The van der Waals surface area contributed by atoms with Gasteiger partial charge in [-0.25, -0.2) is 0 Å². The number of nitrogens with one attached hydrogen (secondary N) is 2. The van der Waals surface area contributed by atoms with Crippen molar-refractivity contribution in [2.45, 2.75) is 6.54 Å². The Morgan fingerprint density at radius 3 is 2.78 bits per heavy atom. The topological polar surface area (TPSA) is 79.9 Å². The maximum absolute atomic E-state index is 12.6. The van der Waals surface area contributed by atoms with Crippen LogP contribution in [0.25, 0.3) is 22.2 Å². The SMILES string of the molecule is COc1ccc2cc(C(=O)NCc3cccnc3-c3ccncc3)[nH]c2c1. The summed E-state index contributed by atoms with van der Waals surface area (Å²) < 4.78 is 5.22. The van der Waals surface area contributed by atoms with Crippen molar-refractivity contribution in [2.24, 2.45) is 0 Å². The number of aromatic amines is 1. The van der Waals surface area contributed by atoms with Crippen LogP contribution in [0.3, 0.4) is 0 Å². The minimum Gasteiger partial charge on any atom is -0.497 e. The number of fused-ring (bicyclic) bond motifs is 1. The number of nitrogens with zero attached hydrogens (tertiary/aromatic N) is 2. The van der Waals surface area contributed by atoms with E-state index in [9.17, 15) is 4.79 Å². The number of ether oxygens (including phenoxy) is 1. The van der Waals surface area contributed by atoms with Crippen LogP contribution in [0.4, 0.5) is 0 Å². The van der Waals surface area contributed by atoms with Crippen molar-refractivity contribution in [3.05, 3.63) is 78.4 Å². The second-order valence-electron chi connectivity index (χ2n) is 6.07. The van der Waals surface area contributed by atoms with Crippen molar-refractivity contribution < 1.29 is 9.53 Å². The number of carbonyl (C=O) groups excluding carboxylic acids is 1. The molecule has 0 atom stereocenters. The zero-order chi connectivity index (χ0) is 18.6. The fraction of sp³-hybridized carbons (Fsp3) is 0.0952. The van der Waals surface area contributed by atoms with Crippen LogP contribution < -0.4 is 10.1 Å². The van der Waals surface area contributed by atoms with Crippen molar-refractivity contribution >= 4 is 16.8 Å². The van der Waals surface area contributed by atoms with E-state index in [0.717, 1.165) is 33.5 Å². The summed E-state index contributed by atoms with van der Waals surface area (Å²) >= 11 is 0. The predicted octanol–water partition coefficient (Wildman–Crippen LogP) is 3.56. The first kappa shape index (κ1) is 16.8. The number of hydrogen-bond acceptors (Lipinski definition) is 4. The molecule has 6 heteroatoms. The lowest BCUT2D eigenvalue weighted by Crippen LogP contribution is -2.23. The van der Waals surface area contributed by atoms with E-state index in [1.54, 1.807) is 25.7 Å². The van der Waals surface area contributed by atoms with Crippen molar-refractivity contribution in [1.29, 1.82) is 0 Å². The smallest absolute Gasteiger partial charge is 0.267 e. The summed E-state index contributed by atoms with van der Waals surface area (Å²) in [5, 5.41) is 3.92. The molecular formula is C21H18N4O2. The van der Waals surface area contributed by atoms with Gasteiger partial charge in [0.05, 0.1) is 12.8 Å². The van der Waals surface area contributed by atoms with E-state index >= 15 is 0 Å². The lowest BCUT2D eigenvalue weighted by molar-refractivity contribution is 0.0947. The van der Waals surface area contributed by atoms with Gasteiger partial charge in [0.1, 0.15) is 11.4 Å². The molecule has 1 amide bonds. The Labute approximate surface area is 156 Å². The molecule has 0 saturated heterocycles. The van der Waals surface area contributed by atoms with E-state index in [4.69, 9.17) is 4.74 Å². The number of amides is 1. The van der Waals surface area contributed by atoms with Crippen LogP contribution in [0.15, 0.2) is 67.1 Å². The highest BCUT2D eigenvalue weighted by Gasteiger charge is 2.12. The first-order valence-electron chi connectivity index (χ1n) is 8.54. The number of rotatable bonds is 5. The fourth-order valence-corrected chi connectivity index (χ4v) is 2.98. The summed E-state index contributed by atoms with van der Waals surface area (Å²) in [6.07, 6.45) is 5.20. The van der Waals surface area contributed by atoms with Gasteiger partial charge in [-0.3, -0.25) is 14.8 Å². The van der Waals surface area contributed by atoms with Crippen LogP contribution in [-0.2, 0) is 6.54 Å². The molecule has 0 spiro atoms. The summed E-state index contributed by atoms with van der Waals surface area (Å²) in [6, 6.07) is 15.1. The largest absolute Gasteiger partial charge is 0.497 e. The van der Waals surface area contributed by atoms with Gasteiger partial charge in [0.2, 0.25) is 0 Å². The number of H-pyrrole nitrogens is 1. The van der Waals surface area contributed by atoms with E-state index in [1.165, 1.54) is 0 Å².